The van der Waals surface area contributed by atoms with Gasteiger partial charge in [-0.2, -0.15) is 5.26 Å². The Hall–Kier alpha value is -1.63. The molecular formula is C14H16F2N2. The number of anilines is 1. The van der Waals surface area contributed by atoms with Crippen molar-refractivity contribution in [3.63, 3.8) is 0 Å². The van der Waals surface area contributed by atoms with E-state index >= 15 is 0 Å². The number of rotatable bonds is 3. The van der Waals surface area contributed by atoms with E-state index in [1.807, 2.05) is 0 Å². The Morgan fingerprint density at radius 2 is 2.00 bits per heavy atom. The normalized spacial score (nSPS) is 22.8. The van der Waals surface area contributed by atoms with Crippen LogP contribution in [0.15, 0.2) is 12.1 Å². The number of benzene rings is 1. The second kappa shape index (κ2) is 5.34. The molecule has 1 aromatic carbocycles. The Morgan fingerprint density at radius 3 is 2.50 bits per heavy atom. The van der Waals surface area contributed by atoms with Crippen LogP contribution in [0, 0.1) is 34.8 Å². The van der Waals surface area contributed by atoms with E-state index in [-0.39, 0.29) is 11.3 Å². The summed E-state index contributed by atoms with van der Waals surface area (Å²) in [4.78, 5) is 0. The number of nitrogens with one attached hydrogen (secondary N) is 1. The average molecular weight is 250 g/mol. The topological polar surface area (TPSA) is 35.8 Å². The van der Waals surface area contributed by atoms with Crippen molar-refractivity contribution in [3.8, 4) is 6.07 Å². The number of nitrogens with zero attached hydrogens (tertiary/aromatic N) is 1. The molecule has 1 N–H and O–H groups in total. The summed E-state index contributed by atoms with van der Waals surface area (Å²) in [6.45, 7) is 2.76. The summed E-state index contributed by atoms with van der Waals surface area (Å²) in [6, 6.07) is 3.85. The fraction of sp³-hybridized carbons (Fsp3) is 0.500. The van der Waals surface area contributed by atoms with Crippen molar-refractivity contribution in [3.05, 3.63) is 29.3 Å². The van der Waals surface area contributed by atoms with E-state index in [1.165, 1.54) is 12.8 Å². The number of hydrogen-bond donors (Lipinski definition) is 1. The smallest absolute Gasteiger partial charge is 0.150 e. The molecule has 2 nitrogen and oxygen atoms in total. The molecule has 2 unspecified atom stereocenters. The Labute approximate surface area is 106 Å². The van der Waals surface area contributed by atoms with Crippen molar-refractivity contribution in [2.24, 2.45) is 11.8 Å². The van der Waals surface area contributed by atoms with Gasteiger partial charge in [0.25, 0.3) is 0 Å². The van der Waals surface area contributed by atoms with Crippen molar-refractivity contribution in [1.82, 2.24) is 0 Å². The number of hydrogen-bond acceptors (Lipinski definition) is 2. The van der Waals surface area contributed by atoms with E-state index in [4.69, 9.17) is 5.26 Å². The number of halogens is 2. The quantitative estimate of drug-likeness (QED) is 0.888. The summed E-state index contributed by atoms with van der Waals surface area (Å²) in [5, 5.41) is 11.5. The van der Waals surface area contributed by atoms with Gasteiger partial charge in [-0.15, -0.1) is 0 Å². The summed E-state index contributed by atoms with van der Waals surface area (Å²) in [7, 11) is 0. The Kier molecular flexibility index (Phi) is 3.81. The first kappa shape index (κ1) is 12.8. The van der Waals surface area contributed by atoms with E-state index in [0.29, 0.717) is 18.4 Å². The molecule has 0 spiro atoms. The van der Waals surface area contributed by atoms with Crippen LogP contribution in [0.3, 0.4) is 0 Å². The van der Waals surface area contributed by atoms with Gasteiger partial charge in [0.1, 0.15) is 5.69 Å². The van der Waals surface area contributed by atoms with Crippen LogP contribution in [0.4, 0.5) is 14.5 Å². The van der Waals surface area contributed by atoms with E-state index in [0.717, 1.165) is 18.6 Å². The lowest BCUT2D eigenvalue weighted by Gasteiger charge is -2.17. The molecule has 0 radical (unpaired) electrons. The predicted molar refractivity (Wildman–Crippen MR) is 66.1 cm³/mol. The fourth-order valence-corrected chi connectivity index (χ4v) is 2.57. The molecule has 0 aliphatic heterocycles. The molecule has 96 valence electrons. The summed E-state index contributed by atoms with van der Waals surface area (Å²) < 4.78 is 27.2. The van der Waals surface area contributed by atoms with E-state index in [9.17, 15) is 8.78 Å². The van der Waals surface area contributed by atoms with Crippen LogP contribution < -0.4 is 5.32 Å². The van der Waals surface area contributed by atoms with Gasteiger partial charge in [0.15, 0.2) is 11.6 Å². The molecule has 0 aromatic heterocycles. The lowest BCUT2D eigenvalue weighted by molar-refractivity contribution is 0.437. The molecular weight excluding hydrogens is 234 g/mol. The molecule has 1 fully saturated rings. The first-order valence-corrected chi connectivity index (χ1v) is 6.25. The molecule has 0 bridgehead atoms. The molecule has 2 rings (SSSR count). The average Bonchev–Trinajstić information content (AvgIpc) is 2.73. The Bertz CT molecular complexity index is 456. The zero-order chi connectivity index (χ0) is 13.1. The van der Waals surface area contributed by atoms with Gasteiger partial charge in [-0.1, -0.05) is 19.8 Å². The first-order valence-electron chi connectivity index (χ1n) is 6.25. The Balaban J connectivity index is 2.08. The molecule has 0 amide bonds. The van der Waals surface area contributed by atoms with Crippen LogP contribution in [0.25, 0.3) is 0 Å². The third-order valence-corrected chi connectivity index (χ3v) is 3.75. The van der Waals surface area contributed by atoms with Crippen molar-refractivity contribution in [2.75, 3.05) is 11.9 Å². The van der Waals surface area contributed by atoms with Gasteiger partial charge in [0.2, 0.25) is 0 Å². The molecule has 18 heavy (non-hydrogen) atoms. The van der Waals surface area contributed by atoms with Crippen LogP contribution in [-0.2, 0) is 0 Å². The second-order valence-electron chi connectivity index (χ2n) is 4.98. The standard InChI is InChI=1S/C14H16F2N2/c1-9-3-2-4-11(9)8-18-14-12(15)5-10(7-17)6-13(14)16/h5-6,9,11,18H,2-4,8H2,1H3. The van der Waals surface area contributed by atoms with Crippen molar-refractivity contribution < 1.29 is 8.78 Å². The molecule has 1 aliphatic rings. The largest absolute Gasteiger partial charge is 0.380 e. The van der Waals surface area contributed by atoms with Gasteiger partial charge in [-0.05, 0) is 30.4 Å². The number of nitriles is 1. The maximum absolute atomic E-state index is 13.6. The monoisotopic (exact) mass is 250 g/mol. The van der Waals surface area contributed by atoms with Gasteiger partial charge in [0, 0.05) is 6.54 Å². The third-order valence-electron chi connectivity index (χ3n) is 3.75. The summed E-state index contributed by atoms with van der Waals surface area (Å²) >= 11 is 0. The lowest BCUT2D eigenvalue weighted by atomic mass is 9.98. The molecule has 1 aliphatic carbocycles. The molecule has 2 atom stereocenters. The Morgan fingerprint density at radius 1 is 1.33 bits per heavy atom. The van der Waals surface area contributed by atoms with Crippen LogP contribution >= 0.6 is 0 Å². The van der Waals surface area contributed by atoms with Gasteiger partial charge in [-0.3, -0.25) is 0 Å². The highest BCUT2D eigenvalue weighted by Crippen LogP contribution is 2.31. The lowest BCUT2D eigenvalue weighted by Crippen LogP contribution is -2.17. The summed E-state index contributed by atoms with van der Waals surface area (Å²) in [5.41, 5.74) is -0.113. The molecule has 1 aromatic rings. The minimum absolute atomic E-state index is 0.00443. The highest BCUT2D eigenvalue weighted by atomic mass is 19.1. The fourth-order valence-electron chi connectivity index (χ4n) is 2.57. The maximum Gasteiger partial charge on any atom is 0.150 e. The van der Waals surface area contributed by atoms with Crippen molar-refractivity contribution in [1.29, 1.82) is 5.26 Å². The minimum Gasteiger partial charge on any atom is -0.380 e. The highest BCUT2D eigenvalue weighted by molar-refractivity contribution is 5.50. The molecule has 0 heterocycles. The zero-order valence-corrected chi connectivity index (χ0v) is 10.3. The van der Waals surface area contributed by atoms with E-state index in [2.05, 4.69) is 12.2 Å². The second-order valence-corrected chi connectivity index (χ2v) is 4.98. The van der Waals surface area contributed by atoms with E-state index in [1.54, 1.807) is 6.07 Å². The van der Waals surface area contributed by atoms with Crippen LogP contribution in [-0.4, -0.2) is 6.54 Å². The van der Waals surface area contributed by atoms with Crippen molar-refractivity contribution >= 4 is 5.69 Å². The van der Waals surface area contributed by atoms with Gasteiger partial charge in [-0.25, -0.2) is 8.78 Å². The molecule has 0 saturated heterocycles. The van der Waals surface area contributed by atoms with Crippen LogP contribution in [0.5, 0.6) is 0 Å². The third kappa shape index (κ3) is 2.61. The molecule has 4 heteroatoms. The highest BCUT2D eigenvalue weighted by Gasteiger charge is 2.23. The van der Waals surface area contributed by atoms with E-state index < -0.39 is 11.6 Å². The minimum atomic E-state index is -0.697. The zero-order valence-electron chi connectivity index (χ0n) is 10.3. The maximum atomic E-state index is 13.6. The molecule has 1 saturated carbocycles. The van der Waals surface area contributed by atoms with Crippen molar-refractivity contribution in [2.45, 2.75) is 26.2 Å². The van der Waals surface area contributed by atoms with Gasteiger partial charge in [0.05, 0.1) is 11.6 Å². The SMILES string of the molecule is CC1CCCC1CNc1c(F)cc(C#N)cc1F. The predicted octanol–water partition coefficient (Wildman–Crippen LogP) is 3.68. The summed E-state index contributed by atoms with van der Waals surface area (Å²) in [5.74, 6) is -0.323. The van der Waals surface area contributed by atoms with Crippen LogP contribution in [0.2, 0.25) is 0 Å². The van der Waals surface area contributed by atoms with Crippen LogP contribution in [0.1, 0.15) is 31.7 Å². The van der Waals surface area contributed by atoms with Gasteiger partial charge >= 0.3 is 0 Å². The summed E-state index contributed by atoms with van der Waals surface area (Å²) in [6.07, 6.45) is 3.48. The first-order chi connectivity index (χ1) is 8.61. The van der Waals surface area contributed by atoms with Gasteiger partial charge < -0.3 is 5.32 Å².